The zero-order valence-electron chi connectivity index (χ0n) is 10.1. The Balaban J connectivity index is 2.51. The van der Waals surface area contributed by atoms with Crippen LogP contribution in [0.1, 0.15) is 17.0 Å². The van der Waals surface area contributed by atoms with Crippen molar-refractivity contribution >= 4 is 27.9 Å². The summed E-state index contributed by atoms with van der Waals surface area (Å²) in [7, 11) is 1.86. The molecule has 0 amide bonds. The molecule has 1 unspecified atom stereocenters. The van der Waals surface area contributed by atoms with E-state index < -0.39 is 0 Å². The molecule has 18 heavy (non-hydrogen) atoms. The molecule has 2 rings (SSSR count). The van der Waals surface area contributed by atoms with Crippen LogP contribution in [0.25, 0.3) is 0 Å². The summed E-state index contributed by atoms with van der Waals surface area (Å²) in [6.45, 7) is 0. The maximum atomic E-state index is 11.4. The lowest BCUT2D eigenvalue weighted by Gasteiger charge is -2.16. The standard InChI is InChI=1S/C15H14BrNO/c1-17-15-8-7-12(16)9-13(15)14(10-18)11-5-3-2-4-6-11/h2-10,14,17H,1H3. The molecule has 3 heteroatoms. The third kappa shape index (κ3) is 2.62. The maximum absolute atomic E-state index is 11.4. The number of hydrogen-bond acceptors (Lipinski definition) is 2. The number of carbonyl (C=O) groups is 1. The largest absolute Gasteiger partial charge is 0.388 e. The van der Waals surface area contributed by atoms with Crippen molar-refractivity contribution in [3.05, 3.63) is 64.1 Å². The summed E-state index contributed by atoms with van der Waals surface area (Å²) in [6, 6.07) is 15.7. The summed E-state index contributed by atoms with van der Waals surface area (Å²) in [5.41, 5.74) is 2.95. The molecular weight excluding hydrogens is 290 g/mol. The predicted molar refractivity (Wildman–Crippen MR) is 78.0 cm³/mol. The second-order valence-electron chi connectivity index (χ2n) is 4.01. The molecule has 0 saturated carbocycles. The quantitative estimate of drug-likeness (QED) is 0.870. The predicted octanol–water partition coefficient (Wildman–Crippen LogP) is 3.82. The van der Waals surface area contributed by atoms with Crippen LogP contribution in [-0.2, 0) is 4.79 Å². The van der Waals surface area contributed by atoms with Gasteiger partial charge in [-0.1, -0.05) is 46.3 Å². The van der Waals surface area contributed by atoms with Crippen LogP contribution in [0.3, 0.4) is 0 Å². The molecule has 2 aromatic carbocycles. The molecule has 0 saturated heterocycles. The lowest BCUT2D eigenvalue weighted by molar-refractivity contribution is -0.108. The van der Waals surface area contributed by atoms with E-state index in [0.717, 1.165) is 27.6 Å². The fourth-order valence-corrected chi connectivity index (χ4v) is 2.39. The van der Waals surface area contributed by atoms with Gasteiger partial charge in [0.25, 0.3) is 0 Å². The zero-order chi connectivity index (χ0) is 13.0. The third-order valence-electron chi connectivity index (χ3n) is 2.91. The number of nitrogens with one attached hydrogen (secondary N) is 1. The van der Waals surface area contributed by atoms with Gasteiger partial charge in [-0.15, -0.1) is 0 Å². The maximum Gasteiger partial charge on any atom is 0.131 e. The Kier molecular flexibility index (Phi) is 4.15. The highest BCUT2D eigenvalue weighted by molar-refractivity contribution is 9.10. The fraction of sp³-hybridized carbons (Fsp3) is 0.133. The molecule has 2 nitrogen and oxygen atoms in total. The number of halogens is 1. The molecule has 0 aliphatic heterocycles. The van der Waals surface area contributed by atoms with Crippen LogP contribution < -0.4 is 5.32 Å². The van der Waals surface area contributed by atoms with Gasteiger partial charge in [-0.3, -0.25) is 0 Å². The second kappa shape index (κ2) is 5.83. The number of benzene rings is 2. The molecular formula is C15H14BrNO. The van der Waals surface area contributed by atoms with Crippen LogP contribution in [0.2, 0.25) is 0 Å². The fourth-order valence-electron chi connectivity index (χ4n) is 2.01. The molecule has 0 spiro atoms. The van der Waals surface area contributed by atoms with E-state index in [2.05, 4.69) is 21.2 Å². The van der Waals surface area contributed by atoms with E-state index in [4.69, 9.17) is 0 Å². The Morgan fingerprint density at radius 1 is 1.17 bits per heavy atom. The summed E-state index contributed by atoms with van der Waals surface area (Å²) in [5.74, 6) is -0.244. The minimum atomic E-state index is -0.244. The normalized spacial score (nSPS) is 11.9. The average molecular weight is 304 g/mol. The summed E-state index contributed by atoms with van der Waals surface area (Å²) in [5, 5.41) is 3.13. The highest BCUT2D eigenvalue weighted by Crippen LogP contribution is 2.31. The summed E-state index contributed by atoms with van der Waals surface area (Å²) in [4.78, 5) is 11.4. The lowest BCUT2D eigenvalue weighted by atomic mass is 9.91. The summed E-state index contributed by atoms with van der Waals surface area (Å²) < 4.78 is 0.972. The highest BCUT2D eigenvalue weighted by Gasteiger charge is 2.16. The van der Waals surface area contributed by atoms with E-state index >= 15 is 0 Å². The Labute approximate surface area is 115 Å². The van der Waals surface area contributed by atoms with Crippen molar-refractivity contribution in [3.63, 3.8) is 0 Å². The van der Waals surface area contributed by atoms with Gasteiger partial charge in [0.1, 0.15) is 6.29 Å². The summed E-state index contributed by atoms with van der Waals surface area (Å²) in [6.07, 6.45) is 0.984. The molecule has 0 heterocycles. The molecule has 1 atom stereocenters. The van der Waals surface area contributed by atoms with Crippen molar-refractivity contribution in [2.75, 3.05) is 12.4 Å². The Bertz CT molecular complexity index is 539. The van der Waals surface area contributed by atoms with Gasteiger partial charge in [-0.2, -0.15) is 0 Å². The number of hydrogen-bond donors (Lipinski definition) is 1. The topological polar surface area (TPSA) is 29.1 Å². The monoisotopic (exact) mass is 303 g/mol. The zero-order valence-corrected chi connectivity index (χ0v) is 11.6. The van der Waals surface area contributed by atoms with Gasteiger partial charge in [0.05, 0.1) is 5.92 Å². The Hall–Kier alpha value is -1.61. The number of carbonyl (C=O) groups excluding carboxylic acids is 1. The minimum Gasteiger partial charge on any atom is -0.388 e. The van der Waals surface area contributed by atoms with Gasteiger partial charge < -0.3 is 10.1 Å². The first-order valence-electron chi connectivity index (χ1n) is 5.73. The van der Waals surface area contributed by atoms with E-state index in [0.29, 0.717) is 0 Å². The van der Waals surface area contributed by atoms with Crippen LogP contribution in [0.4, 0.5) is 5.69 Å². The van der Waals surface area contributed by atoms with Gasteiger partial charge in [-0.25, -0.2) is 0 Å². The van der Waals surface area contributed by atoms with E-state index in [1.807, 2.05) is 55.6 Å². The van der Waals surface area contributed by atoms with Gasteiger partial charge in [0.2, 0.25) is 0 Å². The van der Waals surface area contributed by atoms with Gasteiger partial charge in [-0.05, 0) is 29.3 Å². The highest BCUT2D eigenvalue weighted by atomic mass is 79.9. The molecule has 0 fully saturated rings. The number of aldehydes is 1. The van der Waals surface area contributed by atoms with Crippen molar-refractivity contribution in [3.8, 4) is 0 Å². The van der Waals surface area contributed by atoms with Crippen LogP contribution >= 0.6 is 15.9 Å². The van der Waals surface area contributed by atoms with Gasteiger partial charge in [0.15, 0.2) is 0 Å². The first-order valence-corrected chi connectivity index (χ1v) is 6.53. The molecule has 0 aliphatic carbocycles. The van der Waals surface area contributed by atoms with Crippen LogP contribution in [-0.4, -0.2) is 13.3 Å². The van der Waals surface area contributed by atoms with Crippen molar-refractivity contribution < 1.29 is 4.79 Å². The van der Waals surface area contributed by atoms with Gasteiger partial charge in [0, 0.05) is 17.2 Å². The molecule has 1 N–H and O–H groups in total. The van der Waals surface area contributed by atoms with Crippen molar-refractivity contribution in [1.29, 1.82) is 0 Å². The molecule has 92 valence electrons. The van der Waals surface area contributed by atoms with Crippen LogP contribution in [0.5, 0.6) is 0 Å². The molecule has 0 radical (unpaired) electrons. The van der Waals surface area contributed by atoms with E-state index in [1.54, 1.807) is 0 Å². The van der Waals surface area contributed by atoms with Crippen LogP contribution in [0, 0.1) is 0 Å². The number of anilines is 1. The van der Waals surface area contributed by atoms with Crippen molar-refractivity contribution in [2.45, 2.75) is 5.92 Å². The van der Waals surface area contributed by atoms with E-state index in [-0.39, 0.29) is 5.92 Å². The van der Waals surface area contributed by atoms with Crippen molar-refractivity contribution in [2.24, 2.45) is 0 Å². The van der Waals surface area contributed by atoms with Crippen molar-refractivity contribution in [1.82, 2.24) is 0 Å². The molecule has 0 bridgehead atoms. The smallest absolute Gasteiger partial charge is 0.131 e. The SMILES string of the molecule is CNc1ccc(Br)cc1C(C=O)c1ccccc1. The first kappa shape index (κ1) is 12.8. The Morgan fingerprint density at radius 3 is 2.50 bits per heavy atom. The molecule has 0 aromatic heterocycles. The average Bonchev–Trinajstić information content (AvgIpc) is 2.41. The lowest BCUT2D eigenvalue weighted by Crippen LogP contribution is -2.06. The van der Waals surface area contributed by atoms with E-state index in [9.17, 15) is 4.79 Å². The first-order chi connectivity index (χ1) is 8.76. The molecule has 2 aromatic rings. The van der Waals surface area contributed by atoms with Crippen LogP contribution in [0.15, 0.2) is 53.0 Å². The third-order valence-corrected chi connectivity index (χ3v) is 3.41. The summed E-state index contributed by atoms with van der Waals surface area (Å²) >= 11 is 3.45. The second-order valence-corrected chi connectivity index (χ2v) is 4.92. The Morgan fingerprint density at radius 2 is 1.89 bits per heavy atom. The number of rotatable bonds is 4. The minimum absolute atomic E-state index is 0.244. The van der Waals surface area contributed by atoms with E-state index in [1.165, 1.54) is 0 Å². The van der Waals surface area contributed by atoms with Gasteiger partial charge >= 0.3 is 0 Å². The molecule has 0 aliphatic rings.